The van der Waals surface area contributed by atoms with Gasteiger partial charge >= 0.3 is 6.36 Å². The molecule has 0 spiro atoms. The number of nitrogens with one attached hydrogen (secondary N) is 1. The molecule has 1 fully saturated rings. The molecular formula is C19H21F3N4O2. The van der Waals surface area contributed by atoms with Gasteiger partial charge in [0, 0.05) is 44.5 Å². The number of ether oxygens (including phenoxy) is 1. The van der Waals surface area contributed by atoms with Crippen LogP contribution in [0.5, 0.6) is 5.75 Å². The van der Waals surface area contributed by atoms with Crippen molar-refractivity contribution in [1.82, 2.24) is 15.2 Å². The molecule has 0 bridgehead atoms. The van der Waals surface area contributed by atoms with Crippen LogP contribution >= 0.6 is 0 Å². The summed E-state index contributed by atoms with van der Waals surface area (Å²) in [7, 11) is 2.09. The molecule has 2 heterocycles. The third kappa shape index (κ3) is 5.59. The summed E-state index contributed by atoms with van der Waals surface area (Å²) in [6.07, 6.45) is -3.04. The van der Waals surface area contributed by atoms with Crippen molar-refractivity contribution in [1.29, 1.82) is 0 Å². The van der Waals surface area contributed by atoms with Crippen LogP contribution in [0.2, 0.25) is 0 Å². The van der Waals surface area contributed by atoms with Crippen LogP contribution in [0, 0.1) is 0 Å². The smallest absolute Gasteiger partial charge is 0.406 e. The molecule has 0 aliphatic carbocycles. The zero-order chi connectivity index (χ0) is 20.1. The number of pyridine rings is 1. The van der Waals surface area contributed by atoms with Gasteiger partial charge in [-0.3, -0.25) is 4.79 Å². The van der Waals surface area contributed by atoms with Crippen LogP contribution in [0.1, 0.15) is 15.9 Å². The van der Waals surface area contributed by atoms with E-state index in [-0.39, 0.29) is 23.8 Å². The van der Waals surface area contributed by atoms with Gasteiger partial charge < -0.3 is 19.9 Å². The van der Waals surface area contributed by atoms with Crippen LogP contribution in [0.4, 0.5) is 19.0 Å². The van der Waals surface area contributed by atoms with Crippen LogP contribution in [0.3, 0.4) is 0 Å². The second-order valence-corrected chi connectivity index (χ2v) is 6.57. The maximum atomic E-state index is 12.2. The largest absolute Gasteiger partial charge is 0.573 e. The Labute approximate surface area is 160 Å². The van der Waals surface area contributed by atoms with Crippen molar-refractivity contribution in [2.45, 2.75) is 12.9 Å². The van der Waals surface area contributed by atoms with Crippen LogP contribution in [-0.2, 0) is 6.54 Å². The number of likely N-dealkylation sites (N-methyl/N-ethyl adjacent to an activating group) is 1. The molecule has 0 radical (unpaired) electrons. The van der Waals surface area contributed by atoms with Crippen molar-refractivity contribution in [3.63, 3.8) is 0 Å². The average Bonchev–Trinajstić information content (AvgIpc) is 2.66. The fraction of sp³-hybridized carbons (Fsp3) is 0.368. The van der Waals surface area contributed by atoms with Gasteiger partial charge in [0.2, 0.25) is 0 Å². The van der Waals surface area contributed by atoms with Crippen molar-refractivity contribution in [2.24, 2.45) is 0 Å². The molecule has 9 heteroatoms. The highest BCUT2D eigenvalue weighted by atomic mass is 19.4. The summed E-state index contributed by atoms with van der Waals surface area (Å²) < 4.78 is 40.3. The third-order valence-corrected chi connectivity index (χ3v) is 4.44. The van der Waals surface area contributed by atoms with Gasteiger partial charge in [-0.2, -0.15) is 0 Å². The molecule has 0 unspecified atom stereocenters. The van der Waals surface area contributed by atoms with E-state index in [2.05, 4.69) is 31.9 Å². The monoisotopic (exact) mass is 394 g/mol. The minimum atomic E-state index is -4.76. The normalized spacial score (nSPS) is 15.4. The first-order chi connectivity index (χ1) is 13.3. The Morgan fingerprint density at radius 2 is 1.79 bits per heavy atom. The molecule has 1 N–H and O–H groups in total. The lowest BCUT2D eigenvalue weighted by atomic mass is 10.2. The Balaban J connectivity index is 1.51. The molecule has 1 aromatic heterocycles. The minimum absolute atomic E-state index is 0.247. The van der Waals surface area contributed by atoms with E-state index in [0.717, 1.165) is 49.7 Å². The van der Waals surface area contributed by atoms with Gasteiger partial charge in [-0.1, -0.05) is 6.07 Å². The van der Waals surface area contributed by atoms with E-state index in [1.165, 1.54) is 12.1 Å². The highest BCUT2D eigenvalue weighted by molar-refractivity contribution is 5.94. The highest BCUT2D eigenvalue weighted by Crippen LogP contribution is 2.22. The Morgan fingerprint density at radius 1 is 1.11 bits per heavy atom. The molecule has 2 aromatic rings. The van der Waals surface area contributed by atoms with Crippen molar-refractivity contribution >= 4 is 11.7 Å². The number of halogens is 3. The Bertz CT molecular complexity index is 786. The van der Waals surface area contributed by atoms with Gasteiger partial charge in [-0.15, -0.1) is 13.2 Å². The van der Waals surface area contributed by atoms with Gasteiger partial charge in [0.1, 0.15) is 11.6 Å². The Hall–Kier alpha value is -2.81. The van der Waals surface area contributed by atoms with Crippen molar-refractivity contribution < 1.29 is 22.7 Å². The van der Waals surface area contributed by atoms with Crippen LogP contribution in [0.15, 0.2) is 42.6 Å². The number of nitrogens with zero attached hydrogens (tertiary/aromatic N) is 3. The van der Waals surface area contributed by atoms with E-state index in [9.17, 15) is 18.0 Å². The van der Waals surface area contributed by atoms with E-state index in [1.807, 2.05) is 12.1 Å². The molecule has 0 saturated carbocycles. The SMILES string of the molecule is CN1CCN(c2ccc(CNC(=O)c3ccc(OC(F)(F)F)cc3)cn2)CC1. The lowest BCUT2D eigenvalue weighted by molar-refractivity contribution is -0.274. The number of anilines is 1. The molecular weight excluding hydrogens is 373 g/mol. The Kier molecular flexibility index (Phi) is 6.03. The quantitative estimate of drug-likeness (QED) is 0.845. The summed E-state index contributed by atoms with van der Waals surface area (Å²) in [5, 5.41) is 2.73. The standard InChI is InChI=1S/C19H21F3N4O2/c1-25-8-10-26(11-9-25)17-7-2-14(12-23-17)13-24-18(27)15-3-5-16(6-4-15)28-19(20,21)22/h2-7,12H,8-11,13H2,1H3,(H,24,27). The maximum absolute atomic E-state index is 12.2. The number of hydrogen-bond acceptors (Lipinski definition) is 5. The van der Waals surface area contributed by atoms with E-state index < -0.39 is 6.36 Å². The zero-order valence-corrected chi connectivity index (χ0v) is 15.4. The molecule has 28 heavy (non-hydrogen) atoms. The number of alkyl halides is 3. The predicted molar refractivity (Wildman–Crippen MR) is 98.2 cm³/mol. The third-order valence-electron chi connectivity index (χ3n) is 4.44. The number of hydrogen-bond donors (Lipinski definition) is 1. The second-order valence-electron chi connectivity index (χ2n) is 6.57. The minimum Gasteiger partial charge on any atom is -0.406 e. The molecule has 1 aromatic carbocycles. The van der Waals surface area contributed by atoms with Gasteiger partial charge in [0.25, 0.3) is 5.91 Å². The van der Waals surface area contributed by atoms with Crippen molar-refractivity contribution in [3.05, 3.63) is 53.7 Å². The average molecular weight is 394 g/mol. The number of piperazine rings is 1. The molecule has 150 valence electrons. The van der Waals surface area contributed by atoms with Gasteiger partial charge in [0.05, 0.1) is 0 Å². The van der Waals surface area contributed by atoms with Crippen LogP contribution in [0.25, 0.3) is 0 Å². The van der Waals surface area contributed by atoms with Gasteiger partial charge in [0.15, 0.2) is 0 Å². The second kappa shape index (κ2) is 8.47. The van der Waals surface area contributed by atoms with E-state index in [1.54, 1.807) is 6.20 Å². The number of amides is 1. The number of carbonyl (C=O) groups is 1. The van der Waals surface area contributed by atoms with Crippen LogP contribution < -0.4 is 15.0 Å². The van der Waals surface area contributed by atoms with Gasteiger partial charge in [-0.05, 0) is 42.9 Å². The summed E-state index contributed by atoms with van der Waals surface area (Å²) in [6, 6.07) is 8.61. The lowest BCUT2D eigenvalue weighted by Gasteiger charge is -2.33. The Morgan fingerprint density at radius 3 is 2.36 bits per heavy atom. The van der Waals surface area contributed by atoms with Crippen molar-refractivity contribution in [2.75, 3.05) is 38.1 Å². The van der Waals surface area contributed by atoms with E-state index in [4.69, 9.17) is 0 Å². The first-order valence-electron chi connectivity index (χ1n) is 8.82. The zero-order valence-electron chi connectivity index (χ0n) is 15.4. The van der Waals surface area contributed by atoms with E-state index in [0.29, 0.717) is 0 Å². The van der Waals surface area contributed by atoms with Crippen LogP contribution in [-0.4, -0.2) is 55.4 Å². The van der Waals surface area contributed by atoms with Crippen molar-refractivity contribution in [3.8, 4) is 5.75 Å². The molecule has 1 saturated heterocycles. The first kappa shape index (κ1) is 19.9. The molecule has 1 amide bonds. The summed E-state index contributed by atoms with van der Waals surface area (Å²) >= 11 is 0. The summed E-state index contributed by atoms with van der Waals surface area (Å²) in [6.45, 7) is 4.11. The topological polar surface area (TPSA) is 57.7 Å². The summed E-state index contributed by atoms with van der Waals surface area (Å²) in [5.41, 5.74) is 1.08. The predicted octanol–water partition coefficient (Wildman–Crippen LogP) is 2.66. The lowest BCUT2D eigenvalue weighted by Crippen LogP contribution is -2.44. The fourth-order valence-electron chi connectivity index (χ4n) is 2.84. The number of carbonyl (C=O) groups excluding carboxylic acids is 1. The molecule has 1 aliphatic heterocycles. The van der Waals surface area contributed by atoms with Gasteiger partial charge in [-0.25, -0.2) is 4.98 Å². The molecule has 3 rings (SSSR count). The molecule has 6 nitrogen and oxygen atoms in total. The summed E-state index contributed by atoms with van der Waals surface area (Å²) in [5.74, 6) is 0.151. The molecule has 1 aliphatic rings. The van der Waals surface area contributed by atoms with E-state index >= 15 is 0 Å². The molecule has 0 atom stereocenters. The maximum Gasteiger partial charge on any atom is 0.573 e. The fourth-order valence-corrected chi connectivity index (χ4v) is 2.84. The number of benzene rings is 1. The first-order valence-corrected chi connectivity index (χ1v) is 8.82. The number of rotatable bonds is 5. The highest BCUT2D eigenvalue weighted by Gasteiger charge is 2.31. The number of aromatic nitrogens is 1. The summed E-state index contributed by atoms with van der Waals surface area (Å²) in [4.78, 5) is 21.1.